The first-order valence-electron chi connectivity index (χ1n) is 7.55. The van der Waals surface area contributed by atoms with Gasteiger partial charge in [0.2, 0.25) is 5.91 Å². The molecule has 0 aromatic heterocycles. The maximum Gasteiger partial charge on any atom is 0.315 e. The summed E-state index contributed by atoms with van der Waals surface area (Å²) in [5.41, 5.74) is 0. The van der Waals surface area contributed by atoms with Gasteiger partial charge in [-0.2, -0.15) is 0 Å². The number of carboxylic acids is 1. The lowest BCUT2D eigenvalue weighted by atomic mass is 9.96. The topological polar surface area (TPSA) is 108 Å². The minimum atomic E-state index is -0.795. The highest BCUT2D eigenvalue weighted by molar-refractivity contribution is 5.87. The molecule has 118 valence electrons. The molecule has 0 spiro atoms. The van der Waals surface area contributed by atoms with E-state index in [0.717, 1.165) is 25.7 Å². The molecule has 0 aromatic carbocycles. The molecule has 7 nitrogen and oxygen atoms in total. The van der Waals surface area contributed by atoms with Crippen LogP contribution in [-0.4, -0.2) is 41.6 Å². The van der Waals surface area contributed by atoms with Crippen molar-refractivity contribution in [3.8, 4) is 0 Å². The average molecular weight is 297 g/mol. The minimum absolute atomic E-state index is 0.0242. The van der Waals surface area contributed by atoms with E-state index in [1.54, 1.807) is 6.92 Å². The molecule has 0 heterocycles. The molecule has 3 unspecified atom stereocenters. The Morgan fingerprint density at radius 2 is 1.90 bits per heavy atom. The highest BCUT2D eigenvalue weighted by Crippen LogP contribution is 2.31. The number of carboxylic acid groups (broad SMARTS) is 1. The van der Waals surface area contributed by atoms with E-state index in [9.17, 15) is 14.4 Å². The van der Waals surface area contributed by atoms with Crippen LogP contribution in [0.5, 0.6) is 0 Å². The maximum absolute atomic E-state index is 11.7. The molecule has 2 aliphatic rings. The molecule has 0 aromatic rings. The quantitative estimate of drug-likeness (QED) is 0.571. The molecule has 0 saturated heterocycles. The van der Waals surface area contributed by atoms with Gasteiger partial charge in [-0.15, -0.1) is 0 Å². The van der Waals surface area contributed by atoms with E-state index < -0.39 is 18.0 Å². The Morgan fingerprint density at radius 3 is 2.52 bits per heavy atom. The van der Waals surface area contributed by atoms with Crippen LogP contribution in [0.2, 0.25) is 0 Å². The first-order chi connectivity index (χ1) is 9.97. The molecule has 21 heavy (non-hydrogen) atoms. The number of aliphatic carboxylic acids is 1. The maximum atomic E-state index is 11.7. The van der Waals surface area contributed by atoms with Gasteiger partial charge in [0.25, 0.3) is 0 Å². The standard InChI is InChI=1S/C14H23N3O4/c1-8(12(18)17-10-5-6-10)16-14(21)15-7-9-3-2-4-11(9)13(19)20/h8-11H,2-7H2,1H3,(H,17,18)(H,19,20)(H2,15,16,21). The Kier molecular flexibility index (Phi) is 5.03. The number of amides is 3. The van der Waals surface area contributed by atoms with Crippen LogP contribution >= 0.6 is 0 Å². The zero-order valence-corrected chi connectivity index (χ0v) is 12.2. The predicted octanol–water partition coefficient (Wildman–Crippen LogP) is 0.454. The Hall–Kier alpha value is -1.79. The van der Waals surface area contributed by atoms with E-state index in [1.807, 2.05) is 0 Å². The van der Waals surface area contributed by atoms with Crippen molar-refractivity contribution >= 4 is 17.9 Å². The van der Waals surface area contributed by atoms with Crippen molar-refractivity contribution < 1.29 is 19.5 Å². The molecule has 0 radical (unpaired) electrons. The SMILES string of the molecule is CC(NC(=O)NCC1CCCC1C(=O)O)C(=O)NC1CC1. The van der Waals surface area contributed by atoms with Gasteiger partial charge < -0.3 is 21.1 Å². The summed E-state index contributed by atoms with van der Waals surface area (Å²) in [7, 11) is 0. The molecule has 2 fully saturated rings. The Labute approximate surface area is 123 Å². The summed E-state index contributed by atoms with van der Waals surface area (Å²) in [4.78, 5) is 34.5. The third-order valence-electron chi connectivity index (χ3n) is 4.17. The molecule has 0 aliphatic heterocycles. The smallest absolute Gasteiger partial charge is 0.315 e. The summed E-state index contributed by atoms with van der Waals surface area (Å²) in [6.07, 6.45) is 4.37. The van der Waals surface area contributed by atoms with Crippen molar-refractivity contribution in [3.63, 3.8) is 0 Å². The van der Waals surface area contributed by atoms with Crippen LogP contribution in [-0.2, 0) is 9.59 Å². The zero-order chi connectivity index (χ0) is 15.4. The first kappa shape index (κ1) is 15.6. The second kappa shape index (κ2) is 6.78. The summed E-state index contributed by atoms with van der Waals surface area (Å²) < 4.78 is 0. The molecule has 2 aliphatic carbocycles. The second-order valence-corrected chi connectivity index (χ2v) is 5.99. The number of rotatable bonds is 6. The molecular formula is C14H23N3O4. The highest BCUT2D eigenvalue weighted by atomic mass is 16.4. The van der Waals surface area contributed by atoms with E-state index in [-0.39, 0.29) is 23.8 Å². The van der Waals surface area contributed by atoms with Crippen LogP contribution in [0.1, 0.15) is 39.0 Å². The minimum Gasteiger partial charge on any atom is -0.481 e. The van der Waals surface area contributed by atoms with Crippen molar-refractivity contribution in [3.05, 3.63) is 0 Å². The van der Waals surface area contributed by atoms with Crippen molar-refractivity contribution in [2.24, 2.45) is 11.8 Å². The van der Waals surface area contributed by atoms with Crippen LogP contribution in [0.3, 0.4) is 0 Å². The fourth-order valence-electron chi connectivity index (χ4n) is 2.70. The van der Waals surface area contributed by atoms with Crippen molar-refractivity contribution in [2.75, 3.05) is 6.54 Å². The van der Waals surface area contributed by atoms with Crippen LogP contribution in [0.25, 0.3) is 0 Å². The van der Waals surface area contributed by atoms with E-state index >= 15 is 0 Å². The fraction of sp³-hybridized carbons (Fsp3) is 0.786. The molecular weight excluding hydrogens is 274 g/mol. The lowest BCUT2D eigenvalue weighted by molar-refractivity contribution is -0.142. The molecule has 7 heteroatoms. The first-order valence-corrected chi connectivity index (χ1v) is 7.55. The second-order valence-electron chi connectivity index (χ2n) is 5.99. The van der Waals surface area contributed by atoms with Gasteiger partial charge in [0.15, 0.2) is 0 Å². The van der Waals surface area contributed by atoms with Gasteiger partial charge in [-0.1, -0.05) is 6.42 Å². The molecule has 2 saturated carbocycles. The lowest BCUT2D eigenvalue weighted by Gasteiger charge is -2.18. The number of hydrogen-bond donors (Lipinski definition) is 4. The van der Waals surface area contributed by atoms with E-state index in [0.29, 0.717) is 13.0 Å². The third-order valence-corrected chi connectivity index (χ3v) is 4.17. The van der Waals surface area contributed by atoms with Gasteiger partial charge in [-0.25, -0.2) is 4.79 Å². The van der Waals surface area contributed by atoms with Gasteiger partial charge in [0, 0.05) is 12.6 Å². The molecule has 2 rings (SSSR count). The normalized spacial score (nSPS) is 26.0. The van der Waals surface area contributed by atoms with Gasteiger partial charge in [-0.05, 0) is 38.5 Å². The molecule has 4 N–H and O–H groups in total. The van der Waals surface area contributed by atoms with Crippen LogP contribution in [0, 0.1) is 11.8 Å². The number of hydrogen-bond acceptors (Lipinski definition) is 3. The monoisotopic (exact) mass is 297 g/mol. The summed E-state index contributed by atoms with van der Waals surface area (Å²) in [5.74, 6) is -1.38. The van der Waals surface area contributed by atoms with Crippen molar-refractivity contribution in [1.82, 2.24) is 16.0 Å². The number of carbonyl (C=O) groups is 3. The van der Waals surface area contributed by atoms with Gasteiger partial charge in [0.05, 0.1) is 5.92 Å². The summed E-state index contributed by atoms with van der Waals surface area (Å²) in [5, 5.41) is 17.1. The summed E-state index contributed by atoms with van der Waals surface area (Å²) in [6, 6.07) is -0.756. The molecule has 3 amide bonds. The molecule has 3 atom stereocenters. The number of carbonyl (C=O) groups excluding carboxylic acids is 2. The predicted molar refractivity (Wildman–Crippen MR) is 75.6 cm³/mol. The van der Waals surface area contributed by atoms with Crippen LogP contribution < -0.4 is 16.0 Å². The van der Waals surface area contributed by atoms with Crippen molar-refractivity contribution in [2.45, 2.75) is 51.1 Å². The lowest BCUT2D eigenvalue weighted by Crippen LogP contribution is -2.49. The fourth-order valence-corrected chi connectivity index (χ4v) is 2.70. The number of urea groups is 1. The summed E-state index contributed by atoms with van der Waals surface area (Å²) >= 11 is 0. The third kappa shape index (κ3) is 4.61. The zero-order valence-electron chi connectivity index (χ0n) is 12.2. The van der Waals surface area contributed by atoms with Gasteiger partial charge in [0.1, 0.15) is 6.04 Å². The van der Waals surface area contributed by atoms with Crippen LogP contribution in [0.4, 0.5) is 4.79 Å². The molecule has 0 bridgehead atoms. The number of nitrogens with one attached hydrogen (secondary N) is 3. The van der Waals surface area contributed by atoms with Crippen LogP contribution in [0.15, 0.2) is 0 Å². The van der Waals surface area contributed by atoms with E-state index in [4.69, 9.17) is 5.11 Å². The van der Waals surface area contributed by atoms with E-state index in [1.165, 1.54) is 0 Å². The van der Waals surface area contributed by atoms with E-state index in [2.05, 4.69) is 16.0 Å². The Balaban J connectivity index is 1.69. The highest BCUT2D eigenvalue weighted by Gasteiger charge is 2.33. The summed E-state index contributed by atoms with van der Waals surface area (Å²) in [6.45, 7) is 1.96. The largest absolute Gasteiger partial charge is 0.481 e. The average Bonchev–Trinajstić information content (AvgIpc) is 3.10. The Morgan fingerprint density at radius 1 is 1.19 bits per heavy atom. The van der Waals surface area contributed by atoms with Crippen molar-refractivity contribution in [1.29, 1.82) is 0 Å². The van der Waals surface area contributed by atoms with Gasteiger partial charge >= 0.3 is 12.0 Å². The Bertz CT molecular complexity index is 422. The van der Waals surface area contributed by atoms with Gasteiger partial charge in [-0.3, -0.25) is 9.59 Å².